The number of hydrogen-bond donors (Lipinski definition) is 2. The second kappa shape index (κ2) is 7.26. The summed E-state index contributed by atoms with van der Waals surface area (Å²) in [6, 6.07) is 0.670. The number of hydrogen-bond acceptors (Lipinski definition) is 3. The number of aliphatic hydroxyl groups excluding tert-OH is 1. The molecule has 0 radical (unpaired) electrons. The zero-order valence-electron chi connectivity index (χ0n) is 13.3. The van der Waals surface area contributed by atoms with E-state index in [0.717, 1.165) is 24.9 Å². The second-order valence-corrected chi connectivity index (χ2v) is 7.48. The van der Waals surface area contributed by atoms with Gasteiger partial charge in [0, 0.05) is 12.6 Å². The van der Waals surface area contributed by atoms with Gasteiger partial charge in [-0.25, -0.2) is 0 Å². The van der Waals surface area contributed by atoms with Gasteiger partial charge in [0.05, 0.1) is 19.3 Å². The minimum absolute atomic E-state index is 0.362. The van der Waals surface area contributed by atoms with Crippen molar-refractivity contribution in [2.24, 2.45) is 23.7 Å². The molecule has 0 amide bonds. The Bertz CT molecular complexity index is 337. The summed E-state index contributed by atoms with van der Waals surface area (Å²) >= 11 is 0. The molecule has 0 saturated heterocycles. The third-order valence-corrected chi connectivity index (χ3v) is 5.41. The standard InChI is InChI=1S/C18H31NO2/c1-13-4-2-3-5-16(13)11-21-12-17(20)10-19-18(14-6-7-14)15-8-9-15/h2-3,13-20H,4-12H2,1H3. The Balaban J connectivity index is 1.29. The van der Waals surface area contributed by atoms with E-state index < -0.39 is 0 Å². The number of nitrogens with one attached hydrogen (secondary N) is 1. The largest absolute Gasteiger partial charge is 0.389 e. The molecule has 0 bridgehead atoms. The minimum atomic E-state index is -0.362. The summed E-state index contributed by atoms with van der Waals surface area (Å²) in [6.07, 6.45) is 12.0. The molecule has 3 rings (SSSR count). The highest BCUT2D eigenvalue weighted by molar-refractivity contribution is 4.96. The van der Waals surface area contributed by atoms with Crippen molar-refractivity contribution in [3.63, 3.8) is 0 Å². The van der Waals surface area contributed by atoms with Crippen molar-refractivity contribution in [1.29, 1.82) is 0 Å². The van der Waals surface area contributed by atoms with Gasteiger partial charge in [0.2, 0.25) is 0 Å². The highest BCUT2D eigenvalue weighted by Crippen LogP contribution is 2.44. The first kappa shape index (κ1) is 15.5. The first-order valence-electron chi connectivity index (χ1n) is 8.88. The molecule has 0 heterocycles. The van der Waals surface area contributed by atoms with E-state index in [1.54, 1.807) is 0 Å². The number of ether oxygens (including phenoxy) is 1. The van der Waals surface area contributed by atoms with Gasteiger partial charge in [0.1, 0.15) is 0 Å². The van der Waals surface area contributed by atoms with E-state index in [4.69, 9.17) is 4.74 Å². The van der Waals surface area contributed by atoms with Gasteiger partial charge in [-0.3, -0.25) is 0 Å². The molecule has 21 heavy (non-hydrogen) atoms. The summed E-state index contributed by atoms with van der Waals surface area (Å²) < 4.78 is 5.77. The lowest BCUT2D eigenvalue weighted by molar-refractivity contribution is 0.0114. The average Bonchev–Trinajstić information content (AvgIpc) is 3.35. The minimum Gasteiger partial charge on any atom is -0.389 e. The van der Waals surface area contributed by atoms with Crippen molar-refractivity contribution in [1.82, 2.24) is 5.32 Å². The topological polar surface area (TPSA) is 41.5 Å². The second-order valence-electron chi connectivity index (χ2n) is 7.48. The first-order chi connectivity index (χ1) is 10.2. The van der Waals surface area contributed by atoms with Crippen LogP contribution in [0.1, 0.15) is 45.4 Å². The number of allylic oxidation sites excluding steroid dienone is 2. The van der Waals surface area contributed by atoms with E-state index in [0.29, 0.717) is 31.0 Å². The zero-order chi connectivity index (χ0) is 14.7. The van der Waals surface area contributed by atoms with Gasteiger partial charge in [0.25, 0.3) is 0 Å². The van der Waals surface area contributed by atoms with Crippen LogP contribution in [0.4, 0.5) is 0 Å². The summed E-state index contributed by atoms with van der Waals surface area (Å²) in [5, 5.41) is 13.7. The predicted octanol–water partition coefficient (Wildman–Crippen LogP) is 2.74. The van der Waals surface area contributed by atoms with Crippen molar-refractivity contribution in [3.8, 4) is 0 Å². The quantitative estimate of drug-likeness (QED) is 0.642. The average molecular weight is 293 g/mol. The van der Waals surface area contributed by atoms with Crippen LogP contribution in [-0.2, 0) is 4.74 Å². The number of rotatable bonds is 9. The summed E-state index contributed by atoms with van der Waals surface area (Å²) in [4.78, 5) is 0. The van der Waals surface area contributed by atoms with Crippen LogP contribution in [0.2, 0.25) is 0 Å². The molecule has 120 valence electrons. The maximum atomic E-state index is 10.1. The Morgan fingerprint density at radius 3 is 2.43 bits per heavy atom. The van der Waals surface area contributed by atoms with Crippen molar-refractivity contribution in [2.45, 2.75) is 57.6 Å². The lowest BCUT2D eigenvalue weighted by Gasteiger charge is -2.26. The molecule has 2 fully saturated rings. The molecule has 2 saturated carbocycles. The normalized spacial score (nSPS) is 30.8. The van der Waals surface area contributed by atoms with Gasteiger partial charge in [-0.15, -0.1) is 0 Å². The highest BCUT2D eigenvalue weighted by atomic mass is 16.5. The van der Waals surface area contributed by atoms with Crippen LogP contribution in [0, 0.1) is 23.7 Å². The molecular formula is C18H31NO2. The number of aliphatic hydroxyl groups is 1. The molecule has 3 heteroatoms. The molecule has 0 aromatic rings. The van der Waals surface area contributed by atoms with Crippen LogP contribution in [0.3, 0.4) is 0 Å². The van der Waals surface area contributed by atoms with E-state index in [1.807, 2.05) is 0 Å². The fraction of sp³-hybridized carbons (Fsp3) is 0.889. The summed E-state index contributed by atoms with van der Waals surface area (Å²) in [5.41, 5.74) is 0. The third kappa shape index (κ3) is 4.80. The van der Waals surface area contributed by atoms with E-state index in [1.165, 1.54) is 32.1 Å². The Kier molecular flexibility index (Phi) is 5.36. The van der Waals surface area contributed by atoms with Crippen LogP contribution < -0.4 is 5.32 Å². The van der Waals surface area contributed by atoms with Crippen molar-refractivity contribution < 1.29 is 9.84 Å². The maximum Gasteiger partial charge on any atom is 0.0897 e. The predicted molar refractivity (Wildman–Crippen MR) is 85.1 cm³/mol. The van der Waals surface area contributed by atoms with Gasteiger partial charge in [-0.1, -0.05) is 19.1 Å². The fourth-order valence-corrected chi connectivity index (χ4v) is 3.55. The molecule has 3 unspecified atom stereocenters. The molecular weight excluding hydrogens is 262 g/mol. The van der Waals surface area contributed by atoms with Crippen molar-refractivity contribution in [2.75, 3.05) is 19.8 Å². The van der Waals surface area contributed by atoms with E-state index in [9.17, 15) is 5.11 Å². The smallest absolute Gasteiger partial charge is 0.0897 e. The van der Waals surface area contributed by atoms with Gasteiger partial charge in [-0.05, 0) is 62.2 Å². The van der Waals surface area contributed by atoms with Crippen molar-refractivity contribution in [3.05, 3.63) is 12.2 Å². The molecule has 0 aromatic carbocycles. The van der Waals surface area contributed by atoms with E-state index in [-0.39, 0.29) is 6.10 Å². The summed E-state index contributed by atoms with van der Waals surface area (Å²) in [6.45, 7) is 4.25. The Morgan fingerprint density at radius 2 is 1.81 bits per heavy atom. The summed E-state index contributed by atoms with van der Waals surface area (Å²) in [7, 11) is 0. The van der Waals surface area contributed by atoms with Crippen LogP contribution in [0.5, 0.6) is 0 Å². The fourth-order valence-electron chi connectivity index (χ4n) is 3.55. The van der Waals surface area contributed by atoms with Gasteiger partial charge in [0.15, 0.2) is 0 Å². The molecule has 0 spiro atoms. The molecule has 0 aromatic heterocycles. The zero-order valence-corrected chi connectivity index (χ0v) is 13.3. The Hall–Kier alpha value is -0.380. The SMILES string of the molecule is CC1CC=CCC1COCC(O)CNC(C1CC1)C1CC1. The van der Waals surface area contributed by atoms with E-state index in [2.05, 4.69) is 24.4 Å². The van der Waals surface area contributed by atoms with Crippen LogP contribution >= 0.6 is 0 Å². The molecule has 3 nitrogen and oxygen atoms in total. The van der Waals surface area contributed by atoms with Crippen LogP contribution in [-0.4, -0.2) is 37.0 Å². The molecule has 0 aliphatic heterocycles. The summed E-state index contributed by atoms with van der Waals surface area (Å²) in [5.74, 6) is 3.11. The van der Waals surface area contributed by atoms with Gasteiger partial charge >= 0.3 is 0 Å². The van der Waals surface area contributed by atoms with Crippen molar-refractivity contribution >= 4 is 0 Å². The molecule has 3 aliphatic carbocycles. The first-order valence-corrected chi connectivity index (χ1v) is 8.88. The Labute approximate surface area is 129 Å². The monoisotopic (exact) mass is 293 g/mol. The highest BCUT2D eigenvalue weighted by Gasteiger charge is 2.41. The van der Waals surface area contributed by atoms with Gasteiger partial charge in [-0.2, -0.15) is 0 Å². The molecule has 3 atom stereocenters. The Morgan fingerprint density at radius 1 is 1.14 bits per heavy atom. The lowest BCUT2D eigenvalue weighted by Crippen LogP contribution is -2.40. The maximum absolute atomic E-state index is 10.1. The third-order valence-electron chi connectivity index (χ3n) is 5.41. The molecule has 2 N–H and O–H groups in total. The van der Waals surface area contributed by atoms with Crippen LogP contribution in [0.15, 0.2) is 12.2 Å². The lowest BCUT2D eigenvalue weighted by atomic mass is 9.85. The van der Waals surface area contributed by atoms with Gasteiger partial charge < -0.3 is 15.2 Å². The van der Waals surface area contributed by atoms with Crippen LogP contribution in [0.25, 0.3) is 0 Å². The van der Waals surface area contributed by atoms with E-state index >= 15 is 0 Å². The molecule has 3 aliphatic rings.